The maximum Gasteiger partial charge on any atom is 0.287 e. The lowest BCUT2D eigenvalue weighted by atomic mass is 10.2. The molecular weight excluding hydrogens is 298 g/mol. The van der Waals surface area contributed by atoms with Gasteiger partial charge in [0.25, 0.3) is 11.3 Å². The van der Waals surface area contributed by atoms with Crippen molar-refractivity contribution in [3.63, 3.8) is 0 Å². The molecule has 1 aromatic carbocycles. The van der Waals surface area contributed by atoms with Crippen molar-refractivity contribution in [2.75, 3.05) is 11.1 Å². The van der Waals surface area contributed by atoms with Gasteiger partial charge >= 0.3 is 0 Å². The van der Waals surface area contributed by atoms with Gasteiger partial charge in [-0.05, 0) is 24.2 Å². The van der Waals surface area contributed by atoms with Crippen LogP contribution in [-0.2, 0) is 13.0 Å². The predicted molar refractivity (Wildman–Crippen MR) is 86.4 cm³/mol. The second kappa shape index (κ2) is 5.49. The van der Waals surface area contributed by atoms with E-state index in [2.05, 4.69) is 20.4 Å². The van der Waals surface area contributed by atoms with Gasteiger partial charge in [0, 0.05) is 6.54 Å². The summed E-state index contributed by atoms with van der Waals surface area (Å²) in [6.45, 7) is 0.643. The smallest absolute Gasteiger partial charge is 0.287 e. The largest absolute Gasteiger partial charge is 0.351 e. The number of hydrogen-bond acceptors (Lipinski definition) is 5. The molecule has 0 spiro atoms. The molecule has 0 saturated heterocycles. The Labute approximate surface area is 131 Å². The zero-order valence-corrected chi connectivity index (χ0v) is 12.7. The first-order valence-electron chi connectivity index (χ1n) is 7.23. The minimum absolute atomic E-state index is 0.0510. The molecule has 2 aromatic heterocycles. The molecule has 22 heavy (non-hydrogen) atoms. The van der Waals surface area contributed by atoms with E-state index in [1.807, 2.05) is 30.3 Å². The van der Waals surface area contributed by atoms with Crippen LogP contribution >= 0.6 is 11.8 Å². The molecule has 0 saturated carbocycles. The van der Waals surface area contributed by atoms with Gasteiger partial charge in [-0.3, -0.25) is 9.89 Å². The lowest BCUT2D eigenvalue weighted by Crippen LogP contribution is -2.22. The maximum absolute atomic E-state index is 12.5. The molecule has 0 radical (unpaired) electrons. The Morgan fingerprint density at radius 2 is 2.14 bits per heavy atom. The molecule has 7 heteroatoms. The molecule has 0 unspecified atom stereocenters. The van der Waals surface area contributed by atoms with Crippen molar-refractivity contribution in [1.29, 1.82) is 0 Å². The van der Waals surface area contributed by atoms with Crippen LogP contribution in [0.4, 0.5) is 5.95 Å². The van der Waals surface area contributed by atoms with Crippen molar-refractivity contribution in [3.05, 3.63) is 51.9 Å². The molecule has 4 rings (SSSR count). The number of aromatic nitrogens is 4. The first kappa shape index (κ1) is 13.4. The zero-order chi connectivity index (χ0) is 14.9. The van der Waals surface area contributed by atoms with E-state index in [-0.39, 0.29) is 5.56 Å². The third kappa shape index (κ3) is 2.37. The second-order valence-corrected chi connectivity index (χ2v) is 6.30. The van der Waals surface area contributed by atoms with Gasteiger partial charge in [-0.25, -0.2) is 4.98 Å². The van der Waals surface area contributed by atoms with Crippen LogP contribution in [0, 0.1) is 0 Å². The van der Waals surface area contributed by atoms with Crippen molar-refractivity contribution >= 4 is 23.5 Å². The van der Waals surface area contributed by atoms with Crippen LogP contribution in [0.5, 0.6) is 0 Å². The summed E-state index contributed by atoms with van der Waals surface area (Å²) in [6, 6.07) is 10.0. The van der Waals surface area contributed by atoms with Crippen LogP contribution in [0.2, 0.25) is 0 Å². The van der Waals surface area contributed by atoms with Gasteiger partial charge in [-0.15, -0.1) is 11.8 Å². The van der Waals surface area contributed by atoms with Crippen molar-refractivity contribution < 1.29 is 0 Å². The third-order valence-corrected chi connectivity index (χ3v) is 4.82. The molecule has 3 aromatic rings. The number of H-pyrrole nitrogens is 1. The number of benzene rings is 1. The fourth-order valence-electron chi connectivity index (χ4n) is 2.53. The van der Waals surface area contributed by atoms with Gasteiger partial charge in [0.15, 0.2) is 0 Å². The summed E-state index contributed by atoms with van der Waals surface area (Å²) in [5, 5.41) is 6.19. The van der Waals surface area contributed by atoms with Crippen molar-refractivity contribution in [1.82, 2.24) is 19.6 Å². The van der Waals surface area contributed by atoms with Gasteiger partial charge in [0.2, 0.25) is 5.95 Å². The van der Waals surface area contributed by atoms with Crippen molar-refractivity contribution in [2.45, 2.75) is 24.3 Å². The van der Waals surface area contributed by atoms with Crippen LogP contribution in [0.15, 0.2) is 40.0 Å². The molecule has 3 heterocycles. The summed E-state index contributed by atoms with van der Waals surface area (Å²) in [5.74, 6) is 1.96. The molecule has 6 nitrogen and oxygen atoms in total. The molecular formula is C15H15N5OS. The lowest BCUT2D eigenvalue weighted by Gasteiger charge is -2.12. The summed E-state index contributed by atoms with van der Waals surface area (Å²) in [6.07, 6.45) is 1.91. The highest BCUT2D eigenvalue weighted by Crippen LogP contribution is 2.25. The summed E-state index contributed by atoms with van der Waals surface area (Å²) >= 11 is 1.59. The standard InChI is InChI=1S/C15H15N5OS/c21-13-12-11(7-4-8-22-12)17-15-18-14(19-20(13)15)16-9-10-5-2-1-3-6-10/h1-3,5-6H,4,7-9H2,(H2,16,17,18,19). The van der Waals surface area contributed by atoms with Crippen LogP contribution in [0.1, 0.15) is 17.7 Å². The molecule has 0 bridgehead atoms. The quantitative estimate of drug-likeness (QED) is 0.774. The Morgan fingerprint density at radius 1 is 1.27 bits per heavy atom. The highest BCUT2D eigenvalue weighted by molar-refractivity contribution is 7.99. The SMILES string of the molecule is O=c1c2c(nc3nc(NCc4ccccc4)[nH]n13)CCCS2. The van der Waals surface area contributed by atoms with E-state index in [0.29, 0.717) is 18.3 Å². The van der Waals surface area contributed by atoms with Crippen LogP contribution in [0.25, 0.3) is 5.78 Å². The normalized spacial score (nSPS) is 14.0. The molecule has 2 N–H and O–H groups in total. The Bertz CT molecular complexity index is 871. The molecule has 1 aliphatic rings. The Morgan fingerprint density at radius 3 is 3.00 bits per heavy atom. The van der Waals surface area contributed by atoms with Crippen molar-refractivity contribution in [2.24, 2.45) is 0 Å². The number of thioether (sulfide) groups is 1. The maximum atomic E-state index is 12.5. The van der Waals surface area contributed by atoms with E-state index >= 15 is 0 Å². The second-order valence-electron chi connectivity index (χ2n) is 5.19. The van der Waals surface area contributed by atoms with E-state index < -0.39 is 0 Å². The van der Waals surface area contributed by atoms with Crippen LogP contribution in [-0.4, -0.2) is 25.3 Å². The number of rotatable bonds is 3. The van der Waals surface area contributed by atoms with Gasteiger partial charge in [0.1, 0.15) is 0 Å². The number of hydrogen-bond donors (Lipinski definition) is 2. The summed E-state index contributed by atoms with van der Waals surface area (Å²) in [5.41, 5.74) is 1.98. The minimum atomic E-state index is -0.0510. The first-order valence-corrected chi connectivity index (χ1v) is 8.22. The number of nitrogens with one attached hydrogen (secondary N) is 2. The average molecular weight is 313 g/mol. The van der Waals surface area contributed by atoms with E-state index in [1.165, 1.54) is 4.52 Å². The van der Waals surface area contributed by atoms with E-state index in [1.54, 1.807) is 11.8 Å². The van der Waals surface area contributed by atoms with Crippen LogP contribution in [0.3, 0.4) is 0 Å². The molecule has 112 valence electrons. The summed E-state index contributed by atoms with van der Waals surface area (Å²) in [7, 11) is 0. The number of aromatic amines is 1. The summed E-state index contributed by atoms with van der Waals surface area (Å²) < 4.78 is 1.42. The fraction of sp³-hybridized carbons (Fsp3) is 0.267. The first-order chi connectivity index (χ1) is 10.8. The summed E-state index contributed by atoms with van der Waals surface area (Å²) in [4.78, 5) is 22.1. The minimum Gasteiger partial charge on any atom is -0.351 e. The highest BCUT2D eigenvalue weighted by atomic mass is 32.2. The van der Waals surface area contributed by atoms with Gasteiger partial charge in [-0.1, -0.05) is 30.3 Å². The molecule has 0 fully saturated rings. The van der Waals surface area contributed by atoms with Gasteiger partial charge in [0.05, 0.1) is 10.6 Å². The Hall–Kier alpha value is -2.28. The third-order valence-electron chi connectivity index (χ3n) is 3.63. The number of aryl methyl sites for hydroxylation is 1. The topological polar surface area (TPSA) is 75.1 Å². The Kier molecular flexibility index (Phi) is 3.34. The zero-order valence-electron chi connectivity index (χ0n) is 11.9. The average Bonchev–Trinajstić information content (AvgIpc) is 2.97. The van der Waals surface area contributed by atoms with Crippen molar-refractivity contribution in [3.8, 4) is 0 Å². The Balaban J connectivity index is 1.66. The predicted octanol–water partition coefficient (Wildman–Crippen LogP) is 2.07. The number of fused-ring (bicyclic) bond motifs is 2. The van der Waals surface area contributed by atoms with Crippen LogP contribution < -0.4 is 10.9 Å². The molecule has 0 aliphatic carbocycles. The van der Waals surface area contributed by atoms with E-state index in [0.717, 1.165) is 34.7 Å². The number of anilines is 1. The molecule has 0 amide bonds. The number of nitrogens with zero attached hydrogens (tertiary/aromatic N) is 3. The monoisotopic (exact) mass is 313 g/mol. The fourth-order valence-corrected chi connectivity index (χ4v) is 3.55. The molecule has 1 aliphatic heterocycles. The highest BCUT2D eigenvalue weighted by Gasteiger charge is 2.18. The van der Waals surface area contributed by atoms with E-state index in [4.69, 9.17) is 0 Å². The molecule has 0 atom stereocenters. The van der Waals surface area contributed by atoms with Gasteiger partial charge < -0.3 is 5.32 Å². The van der Waals surface area contributed by atoms with Gasteiger partial charge in [-0.2, -0.15) is 9.50 Å². The van der Waals surface area contributed by atoms with E-state index in [9.17, 15) is 4.79 Å². The lowest BCUT2D eigenvalue weighted by molar-refractivity contribution is 0.783.